The Labute approximate surface area is 146 Å². The smallest absolute Gasteiger partial charge is 0.354 e. The number of aryl methyl sites for hydroxylation is 1. The zero-order valence-corrected chi connectivity index (χ0v) is 15.0. The van der Waals surface area contributed by atoms with Crippen LogP contribution < -0.4 is 9.80 Å². The first kappa shape index (κ1) is 17.3. The van der Waals surface area contributed by atoms with Crippen LogP contribution in [0, 0.1) is 6.92 Å². The van der Waals surface area contributed by atoms with Crippen LogP contribution in [0.25, 0.3) is 11.2 Å². The lowest BCUT2D eigenvalue weighted by atomic mass is 10.2. The molecule has 1 N–H and O–H groups in total. The molecule has 1 aliphatic heterocycles. The summed E-state index contributed by atoms with van der Waals surface area (Å²) >= 11 is 0. The van der Waals surface area contributed by atoms with Crippen molar-refractivity contribution >= 4 is 28.8 Å². The lowest BCUT2D eigenvalue weighted by molar-refractivity contribution is 0.0690. The zero-order valence-electron chi connectivity index (χ0n) is 15.0. The van der Waals surface area contributed by atoms with E-state index in [-0.39, 0.29) is 11.7 Å². The molecule has 8 nitrogen and oxygen atoms in total. The van der Waals surface area contributed by atoms with Gasteiger partial charge < -0.3 is 19.6 Å². The third kappa shape index (κ3) is 3.34. The van der Waals surface area contributed by atoms with Gasteiger partial charge in [-0.15, -0.1) is 0 Å². The van der Waals surface area contributed by atoms with Crippen LogP contribution in [0.15, 0.2) is 6.07 Å². The molecular formula is C17H23N5O3. The molecule has 8 heteroatoms. The number of rotatable bonds is 4. The van der Waals surface area contributed by atoms with E-state index in [9.17, 15) is 9.90 Å². The minimum absolute atomic E-state index is 0.0130. The summed E-state index contributed by atoms with van der Waals surface area (Å²) in [4.78, 5) is 29.2. The number of nitrogens with zero attached hydrogens (tertiary/aromatic N) is 5. The summed E-state index contributed by atoms with van der Waals surface area (Å²) in [6.07, 6.45) is 0. The highest BCUT2D eigenvalue weighted by molar-refractivity contribution is 5.90. The molecule has 0 spiro atoms. The van der Waals surface area contributed by atoms with Gasteiger partial charge in [0.25, 0.3) is 0 Å². The molecule has 0 atom stereocenters. The van der Waals surface area contributed by atoms with E-state index < -0.39 is 5.97 Å². The van der Waals surface area contributed by atoms with Crippen LogP contribution >= 0.6 is 0 Å². The summed E-state index contributed by atoms with van der Waals surface area (Å²) in [5.41, 5.74) is 1.54. The second kappa shape index (κ2) is 6.79. The molecule has 0 radical (unpaired) electrons. The van der Waals surface area contributed by atoms with Crippen LogP contribution in [-0.4, -0.2) is 65.4 Å². The number of hydrogen-bond acceptors (Lipinski definition) is 7. The first-order chi connectivity index (χ1) is 11.9. The van der Waals surface area contributed by atoms with Gasteiger partial charge in [-0.25, -0.2) is 19.7 Å². The standard InChI is InChI=1S/C17H23N5O3/c1-10(2)21(4)15-16(22-5-7-25-8-6-22)18-12-9-11(3)13(17(23)24)19-14(12)20-15/h9-10H,5-8H2,1-4H3,(H,23,24). The van der Waals surface area contributed by atoms with Crippen molar-refractivity contribution in [2.75, 3.05) is 43.2 Å². The number of ether oxygens (including phenoxy) is 1. The van der Waals surface area contributed by atoms with E-state index in [1.165, 1.54) is 0 Å². The van der Waals surface area contributed by atoms with Crippen molar-refractivity contribution in [1.82, 2.24) is 15.0 Å². The van der Waals surface area contributed by atoms with Crippen molar-refractivity contribution in [2.45, 2.75) is 26.8 Å². The molecule has 134 valence electrons. The minimum Gasteiger partial charge on any atom is -0.477 e. The molecule has 1 aliphatic rings. The van der Waals surface area contributed by atoms with Gasteiger partial charge in [0.15, 0.2) is 23.0 Å². The number of aromatic carboxylic acids is 1. The zero-order chi connectivity index (χ0) is 18.1. The third-order valence-corrected chi connectivity index (χ3v) is 4.43. The Balaban J connectivity index is 2.19. The summed E-state index contributed by atoms with van der Waals surface area (Å²) in [5.74, 6) is 0.436. The van der Waals surface area contributed by atoms with E-state index in [1.807, 2.05) is 11.9 Å². The molecule has 0 amide bonds. The Bertz CT molecular complexity index is 802. The summed E-state index contributed by atoms with van der Waals surface area (Å²) < 4.78 is 5.44. The van der Waals surface area contributed by atoms with E-state index >= 15 is 0 Å². The lowest BCUT2D eigenvalue weighted by Crippen LogP contribution is -2.39. The normalized spacial score (nSPS) is 15.0. The average molecular weight is 345 g/mol. The van der Waals surface area contributed by atoms with Crippen LogP contribution in [0.5, 0.6) is 0 Å². The number of pyridine rings is 1. The van der Waals surface area contributed by atoms with Crippen molar-refractivity contribution in [2.24, 2.45) is 0 Å². The number of anilines is 2. The fraction of sp³-hybridized carbons (Fsp3) is 0.529. The Hall–Kier alpha value is -2.48. The number of hydrogen-bond donors (Lipinski definition) is 1. The number of carbonyl (C=O) groups is 1. The third-order valence-electron chi connectivity index (χ3n) is 4.43. The fourth-order valence-corrected chi connectivity index (χ4v) is 2.75. The number of aromatic nitrogens is 3. The van der Waals surface area contributed by atoms with E-state index in [4.69, 9.17) is 9.72 Å². The van der Waals surface area contributed by atoms with Crippen molar-refractivity contribution in [3.8, 4) is 0 Å². The first-order valence-electron chi connectivity index (χ1n) is 8.36. The quantitative estimate of drug-likeness (QED) is 0.895. The summed E-state index contributed by atoms with van der Waals surface area (Å²) in [6.45, 7) is 8.66. The summed E-state index contributed by atoms with van der Waals surface area (Å²) in [6, 6.07) is 1.96. The topological polar surface area (TPSA) is 91.7 Å². The van der Waals surface area contributed by atoms with Gasteiger partial charge in [0.1, 0.15) is 5.52 Å². The van der Waals surface area contributed by atoms with Gasteiger partial charge in [-0.1, -0.05) is 0 Å². The SMILES string of the molecule is Cc1cc2nc(N3CCOCC3)c(N(C)C(C)C)nc2nc1C(=O)O. The average Bonchev–Trinajstić information content (AvgIpc) is 2.60. The van der Waals surface area contributed by atoms with Crippen LogP contribution in [0.1, 0.15) is 29.9 Å². The molecule has 0 aromatic carbocycles. The molecule has 25 heavy (non-hydrogen) atoms. The Kier molecular flexibility index (Phi) is 4.71. The van der Waals surface area contributed by atoms with Crippen LogP contribution in [-0.2, 0) is 4.74 Å². The second-order valence-electron chi connectivity index (χ2n) is 6.48. The van der Waals surface area contributed by atoms with E-state index in [2.05, 4.69) is 28.7 Å². The molecule has 3 heterocycles. The predicted molar refractivity (Wildman–Crippen MR) is 95.6 cm³/mol. The summed E-state index contributed by atoms with van der Waals surface area (Å²) in [5, 5.41) is 9.31. The molecule has 2 aromatic rings. The Morgan fingerprint density at radius 2 is 1.96 bits per heavy atom. The molecule has 0 aliphatic carbocycles. The highest BCUT2D eigenvalue weighted by Gasteiger charge is 2.23. The highest BCUT2D eigenvalue weighted by Crippen LogP contribution is 2.29. The predicted octanol–water partition coefficient (Wildman–Crippen LogP) is 1.71. The van der Waals surface area contributed by atoms with Gasteiger partial charge in [-0.3, -0.25) is 0 Å². The number of morpholine rings is 1. The van der Waals surface area contributed by atoms with Crippen molar-refractivity contribution < 1.29 is 14.6 Å². The monoisotopic (exact) mass is 345 g/mol. The highest BCUT2D eigenvalue weighted by atomic mass is 16.5. The Morgan fingerprint density at radius 3 is 2.56 bits per heavy atom. The molecule has 2 aromatic heterocycles. The Morgan fingerprint density at radius 1 is 1.28 bits per heavy atom. The van der Waals surface area contributed by atoms with Gasteiger partial charge in [0.2, 0.25) is 0 Å². The molecule has 0 bridgehead atoms. The maximum Gasteiger partial charge on any atom is 0.354 e. The maximum atomic E-state index is 11.4. The summed E-state index contributed by atoms with van der Waals surface area (Å²) in [7, 11) is 1.96. The van der Waals surface area contributed by atoms with Gasteiger partial charge in [0.05, 0.1) is 13.2 Å². The van der Waals surface area contributed by atoms with E-state index in [1.54, 1.807) is 13.0 Å². The molecule has 1 saturated heterocycles. The second-order valence-corrected chi connectivity index (χ2v) is 6.48. The maximum absolute atomic E-state index is 11.4. The van der Waals surface area contributed by atoms with Crippen LogP contribution in [0.4, 0.5) is 11.6 Å². The van der Waals surface area contributed by atoms with Crippen LogP contribution in [0.2, 0.25) is 0 Å². The van der Waals surface area contributed by atoms with Crippen molar-refractivity contribution in [1.29, 1.82) is 0 Å². The van der Waals surface area contributed by atoms with Gasteiger partial charge in [0, 0.05) is 26.2 Å². The van der Waals surface area contributed by atoms with Gasteiger partial charge >= 0.3 is 5.97 Å². The van der Waals surface area contributed by atoms with E-state index in [0.29, 0.717) is 35.8 Å². The lowest BCUT2D eigenvalue weighted by Gasteiger charge is -2.32. The van der Waals surface area contributed by atoms with Crippen molar-refractivity contribution in [3.63, 3.8) is 0 Å². The van der Waals surface area contributed by atoms with Gasteiger partial charge in [-0.2, -0.15) is 0 Å². The molecule has 3 rings (SSSR count). The van der Waals surface area contributed by atoms with Crippen LogP contribution in [0.3, 0.4) is 0 Å². The molecule has 0 saturated carbocycles. The minimum atomic E-state index is -1.06. The number of carboxylic acids is 1. The molecule has 0 unspecified atom stereocenters. The number of fused-ring (bicyclic) bond motifs is 1. The molecule has 1 fully saturated rings. The molecular weight excluding hydrogens is 322 g/mol. The first-order valence-corrected chi connectivity index (χ1v) is 8.36. The van der Waals surface area contributed by atoms with Gasteiger partial charge in [-0.05, 0) is 32.4 Å². The van der Waals surface area contributed by atoms with Crippen molar-refractivity contribution in [3.05, 3.63) is 17.3 Å². The largest absolute Gasteiger partial charge is 0.477 e. The van der Waals surface area contributed by atoms with E-state index in [0.717, 1.165) is 18.9 Å². The fourth-order valence-electron chi connectivity index (χ4n) is 2.75. The number of carboxylic acid groups (broad SMARTS) is 1.